The van der Waals surface area contributed by atoms with Gasteiger partial charge in [-0.05, 0) is 56.7 Å². The SMILES string of the molecule is Cc1ccc2nc(CC3CN(C(=O)NC(C)C)CCC3CC(=O)O)[nH]c2c1. The number of likely N-dealkylation sites (tertiary alicyclic amines) is 1. The molecule has 0 spiro atoms. The molecule has 1 fully saturated rings. The van der Waals surface area contributed by atoms with Gasteiger partial charge in [-0.1, -0.05) is 6.07 Å². The molecule has 0 bridgehead atoms. The summed E-state index contributed by atoms with van der Waals surface area (Å²) in [5.41, 5.74) is 3.07. The molecule has 0 aliphatic carbocycles. The van der Waals surface area contributed by atoms with Crippen LogP contribution in [0.2, 0.25) is 0 Å². The Morgan fingerprint density at radius 3 is 2.85 bits per heavy atom. The summed E-state index contributed by atoms with van der Waals surface area (Å²) in [5, 5.41) is 12.2. The first-order chi connectivity index (χ1) is 12.8. The first-order valence-corrected chi connectivity index (χ1v) is 9.54. The molecule has 3 rings (SSSR count). The highest BCUT2D eigenvalue weighted by atomic mass is 16.4. The molecule has 1 aliphatic rings. The summed E-state index contributed by atoms with van der Waals surface area (Å²) >= 11 is 0. The van der Waals surface area contributed by atoms with Crippen LogP contribution < -0.4 is 5.32 Å². The molecule has 1 aromatic heterocycles. The number of aromatic nitrogens is 2. The molecular weight excluding hydrogens is 344 g/mol. The Hall–Kier alpha value is -2.57. The average Bonchev–Trinajstić information content (AvgIpc) is 2.96. The minimum Gasteiger partial charge on any atom is -0.481 e. The molecule has 7 heteroatoms. The van der Waals surface area contributed by atoms with Crippen molar-refractivity contribution in [1.82, 2.24) is 20.2 Å². The molecule has 146 valence electrons. The maximum Gasteiger partial charge on any atom is 0.317 e. The molecule has 7 nitrogen and oxygen atoms in total. The van der Waals surface area contributed by atoms with Gasteiger partial charge in [-0.15, -0.1) is 0 Å². The smallest absolute Gasteiger partial charge is 0.317 e. The van der Waals surface area contributed by atoms with E-state index in [-0.39, 0.29) is 30.3 Å². The van der Waals surface area contributed by atoms with Gasteiger partial charge in [0, 0.05) is 32.0 Å². The van der Waals surface area contributed by atoms with E-state index in [1.807, 2.05) is 32.9 Å². The summed E-state index contributed by atoms with van der Waals surface area (Å²) in [4.78, 5) is 33.5. The second-order valence-electron chi connectivity index (χ2n) is 7.87. The van der Waals surface area contributed by atoms with Crippen LogP contribution in [0, 0.1) is 18.8 Å². The highest BCUT2D eigenvalue weighted by Crippen LogP contribution is 2.29. The van der Waals surface area contributed by atoms with Gasteiger partial charge in [0.05, 0.1) is 11.0 Å². The van der Waals surface area contributed by atoms with E-state index in [1.54, 1.807) is 4.90 Å². The monoisotopic (exact) mass is 372 g/mol. The molecule has 2 aromatic rings. The fraction of sp³-hybridized carbons (Fsp3) is 0.550. The third kappa shape index (κ3) is 4.78. The van der Waals surface area contributed by atoms with Crippen molar-refractivity contribution in [3.8, 4) is 0 Å². The Morgan fingerprint density at radius 1 is 1.37 bits per heavy atom. The number of carboxylic acids is 1. The number of hydrogen-bond donors (Lipinski definition) is 3. The van der Waals surface area contributed by atoms with Gasteiger partial charge in [0.2, 0.25) is 0 Å². The number of aliphatic carboxylic acids is 1. The van der Waals surface area contributed by atoms with Crippen molar-refractivity contribution >= 4 is 23.0 Å². The Labute approximate surface area is 159 Å². The maximum absolute atomic E-state index is 12.4. The third-order valence-electron chi connectivity index (χ3n) is 5.17. The van der Waals surface area contributed by atoms with Crippen LogP contribution in [0.25, 0.3) is 11.0 Å². The van der Waals surface area contributed by atoms with Crippen LogP contribution in [0.1, 0.15) is 38.1 Å². The first kappa shape index (κ1) is 19.2. The lowest BCUT2D eigenvalue weighted by atomic mass is 9.81. The van der Waals surface area contributed by atoms with Gasteiger partial charge in [0.15, 0.2) is 0 Å². The van der Waals surface area contributed by atoms with E-state index >= 15 is 0 Å². The maximum atomic E-state index is 12.4. The number of nitrogens with zero attached hydrogens (tertiary/aromatic N) is 2. The Kier molecular flexibility index (Phi) is 5.68. The quantitative estimate of drug-likeness (QED) is 0.751. The summed E-state index contributed by atoms with van der Waals surface area (Å²) < 4.78 is 0. The third-order valence-corrected chi connectivity index (χ3v) is 5.17. The molecular formula is C20H28N4O3. The molecule has 2 amide bonds. The van der Waals surface area contributed by atoms with Gasteiger partial charge in [-0.2, -0.15) is 0 Å². The summed E-state index contributed by atoms with van der Waals surface area (Å²) in [6, 6.07) is 6.07. The van der Waals surface area contributed by atoms with Crippen molar-refractivity contribution in [3.05, 3.63) is 29.6 Å². The number of carbonyl (C=O) groups is 2. The fourth-order valence-electron chi connectivity index (χ4n) is 3.85. The first-order valence-electron chi connectivity index (χ1n) is 9.54. The van der Waals surface area contributed by atoms with Gasteiger partial charge in [0.1, 0.15) is 5.82 Å². The second kappa shape index (κ2) is 7.98. The van der Waals surface area contributed by atoms with Gasteiger partial charge < -0.3 is 20.3 Å². The Balaban J connectivity index is 1.77. The molecule has 2 atom stereocenters. The van der Waals surface area contributed by atoms with Gasteiger partial charge in [0.25, 0.3) is 0 Å². The van der Waals surface area contributed by atoms with Crippen LogP contribution in [0.4, 0.5) is 4.79 Å². The number of imidazole rings is 1. The van der Waals surface area contributed by atoms with Crippen LogP contribution in [0.5, 0.6) is 0 Å². The molecule has 1 saturated heterocycles. The summed E-state index contributed by atoms with van der Waals surface area (Å²) in [6.45, 7) is 7.04. The lowest BCUT2D eigenvalue weighted by Crippen LogP contribution is -2.50. The van der Waals surface area contributed by atoms with E-state index in [2.05, 4.69) is 21.4 Å². The van der Waals surface area contributed by atoms with Crippen molar-refractivity contribution in [3.63, 3.8) is 0 Å². The molecule has 0 radical (unpaired) electrons. The molecule has 27 heavy (non-hydrogen) atoms. The topological polar surface area (TPSA) is 98.3 Å². The zero-order chi connectivity index (χ0) is 19.6. The number of fused-ring (bicyclic) bond motifs is 1. The number of urea groups is 1. The van der Waals surface area contributed by atoms with E-state index in [4.69, 9.17) is 0 Å². The zero-order valence-corrected chi connectivity index (χ0v) is 16.2. The number of aromatic amines is 1. The normalized spacial score (nSPS) is 20.2. The number of H-pyrrole nitrogens is 1. The number of hydrogen-bond acceptors (Lipinski definition) is 3. The van der Waals surface area contributed by atoms with Crippen molar-refractivity contribution in [2.45, 2.75) is 46.1 Å². The average molecular weight is 372 g/mol. The van der Waals surface area contributed by atoms with Crippen LogP contribution in [-0.2, 0) is 11.2 Å². The van der Waals surface area contributed by atoms with Crippen molar-refractivity contribution in [1.29, 1.82) is 0 Å². The van der Waals surface area contributed by atoms with E-state index in [1.165, 1.54) is 0 Å². The molecule has 1 aromatic carbocycles. The van der Waals surface area contributed by atoms with Gasteiger partial charge in [-0.3, -0.25) is 4.79 Å². The molecule has 3 N–H and O–H groups in total. The number of piperidine rings is 1. The highest BCUT2D eigenvalue weighted by molar-refractivity contribution is 5.76. The lowest BCUT2D eigenvalue weighted by Gasteiger charge is -2.38. The number of benzene rings is 1. The van der Waals surface area contributed by atoms with Crippen LogP contribution in [-0.4, -0.2) is 51.1 Å². The van der Waals surface area contributed by atoms with Crippen LogP contribution in [0.3, 0.4) is 0 Å². The van der Waals surface area contributed by atoms with Crippen molar-refractivity contribution in [2.75, 3.05) is 13.1 Å². The van der Waals surface area contributed by atoms with Crippen molar-refractivity contribution < 1.29 is 14.7 Å². The predicted molar refractivity (Wildman–Crippen MR) is 104 cm³/mol. The van der Waals surface area contributed by atoms with Crippen molar-refractivity contribution in [2.24, 2.45) is 11.8 Å². The predicted octanol–water partition coefficient (Wildman–Crippen LogP) is 2.94. The van der Waals surface area contributed by atoms with E-state index in [0.29, 0.717) is 25.9 Å². The van der Waals surface area contributed by atoms with Crippen LogP contribution in [0.15, 0.2) is 18.2 Å². The fourth-order valence-corrected chi connectivity index (χ4v) is 3.85. The highest BCUT2D eigenvalue weighted by Gasteiger charge is 2.33. The second-order valence-corrected chi connectivity index (χ2v) is 7.87. The van der Waals surface area contributed by atoms with E-state index in [9.17, 15) is 14.7 Å². The number of aryl methyl sites for hydroxylation is 1. The van der Waals surface area contributed by atoms with Crippen LogP contribution >= 0.6 is 0 Å². The number of nitrogens with one attached hydrogen (secondary N) is 2. The molecule has 0 saturated carbocycles. The number of carboxylic acid groups (broad SMARTS) is 1. The van der Waals surface area contributed by atoms with Gasteiger partial charge >= 0.3 is 12.0 Å². The molecule has 2 heterocycles. The number of amides is 2. The van der Waals surface area contributed by atoms with E-state index < -0.39 is 5.97 Å². The number of rotatable bonds is 5. The minimum absolute atomic E-state index is 0.0422. The summed E-state index contributed by atoms with van der Waals surface area (Å²) in [5.74, 6) is 0.169. The minimum atomic E-state index is -0.787. The molecule has 1 aliphatic heterocycles. The zero-order valence-electron chi connectivity index (χ0n) is 16.2. The Morgan fingerprint density at radius 2 is 2.15 bits per heavy atom. The summed E-state index contributed by atoms with van der Waals surface area (Å²) in [7, 11) is 0. The Bertz CT molecular complexity index is 830. The van der Waals surface area contributed by atoms with E-state index in [0.717, 1.165) is 22.4 Å². The number of carbonyl (C=O) groups excluding carboxylic acids is 1. The standard InChI is InChI=1S/C20H28N4O3/c1-12(2)21-20(27)24-7-6-14(10-19(25)26)15(11-24)9-18-22-16-5-4-13(3)8-17(16)23-18/h4-5,8,12,14-15H,6-7,9-11H2,1-3H3,(H,21,27)(H,22,23)(H,25,26). The molecule has 2 unspecified atom stereocenters. The summed E-state index contributed by atoms with van der Waals surface area (Å²) in [6.07, 6.45) is 1.46. The lowest BCUT2D eigenvalue weighted by molar-refractivity contribution is -0.139. The largest absolute Gasteiger partial charge is 0.481 e. The van der Waals surface area contributed by atoms with Gasteiger partial charge in [-0.25, -0.2) is 9.78 Å².